The second-order valence-electron chi connectivity index (χ2n) is 21.1. The van der Waals surface area contributed by atoms with Crippen molar-refractivity contribution in [1.29, 1.82) is 0 Å². The number of amides is 1. The van der Waals surface area contributed by atoms with E-state index in [4.69, 9.17) is 9.47 Å². The van der Waals surface area contributed by atoms with Crippen LogP contribution in [0.25, 0.3) is 0 Å². The van der Waals surface area contributed by atoms with Gasteiger partial charge in [-0.15, -0.1) is 0 Å². The van der Waals surface area contributed by atoms with Crippen molar-refractivity contribution in [3.63, 3.8) is 0 Å². The molecule has 412 valence electrons. The molecule has 0 aromatic rings. The molecule has 1 aliphatic heterocycles. The minimum atomic E-state index is -1.57. The van der Waals surface area contributed by atoms with Gasteiger partial charge in [-0.1, -0.05) is 275 Å². The number of nitrogens with one attached hydrogen (secondary N) is 1. The number of hydrogen-bond donors (Lipinski definition) is 6. The standard InChI is InChI=1S/C61H115NO8/c1-3-5-7-9-11-13-15-17-19-21-23-25-27-28-29-31-33-35-37-39-41-43-45-47-49-51-57(65)62-54(53-69-61-60(68)59(67)58(66)56(52-63)70-61)55(64)50-48-46-44-42-40-38-36-34-32-30-26-24-22-20-18-16-14-12-10-8-6-4-2/h32,34,40,42,48,50,54-56,58-61,63-64,66-68H,3-31,33,35-39,41,43-47,49,51-53H2,1-2H3,(H,62,65)/b34-32+,42-40+,50-48+. The number of allylic oxidation sites excluding steroid dienone is 5. The van der Waals surface area contributed by atoms with Gasteiger partial charge in [-0.25, -0.2) is 0 Å². The van der Waals surface area contributed by atoms with Crippen LogP contribution in [0.1, 0.15) is 290 Å². The summed E-state index contributed by atoms with van der Waals surface area (Å²) in [4.78, 5) is 13.1. The zero-order valence-electron chi connectivity index (χ0n) is 45.8. The van der Waals surface area contributed by atoms with Gasteiger partial charge in [0.25, 0.3) is 0 Å². The van der Waals surface area contributed by atoms with E-state index in [0.717, 1.165) is 44.9 Å². The van der Waals surface area contributed by atoms with E-state index < -0.39 is 49.5 Å². The molecular weight excluding hydrogens is 875 g/mol. The van der Waals surface area contributed by atoms with Crippen LogP contribution in [-0.4, -0.2) is 87.5 Å². The van der Waals surface area contributed by atoms with Gasteiger partial charge in [-0.3, -0.25) is 4.79 Å². The van der Waals surface area contributed by atoms with Gasteiger partial charge in [0.2, 0.25) is 5.91 Å². The summed E-state index contributed by atoms with van der Waals surface area (Å²) in [7, 11) is 0. The predicted octanol–water partition coefficient (Wildman–Crippen LogP) is 15.1. The Morgan fingerprint density at radius 1 is 0.471 bits per heavy atom. The SMILES string of the molecule is CCCCCCCCCCCCCC/C=C/CC/C=C/CC/C=C/C(O)C(COC1OC(CO)C(O)C(O)C1O)NC(=O)CCCCCCCCCCCCCCCCCCCCCCCCCCC. The molecule has 0 radical (unpaired) electrons. The van der Waals surface area contributed by atoms with Crippen LogP contribution in [0.3, 0.4) is 0 Å². The van der Waals surface area contributed by atoms with Gasteiger partial charge in [0.1, 0.15) is 24.4 Å². The molecule has 1 fully saturated rings. The molecule has 1 saturated heterocycles. The highest BCUT2D eigenvalue weighted by molar-refractivity contribution is 5.76. The second-order valence-corrected chi connectivity index (χ2v) is 21.1. The van der Waals surface area contributed by atoms with Crippen molar-refractivity contribution in [2.24, 2.45) is 0 Å². The van der Waals surface area contributed by atoms with Gasteiger partial charge in [-0.2, -0.15) is 0 Å². The Hall–Kier alpha value is -1.59. The largest absolute Gasteiger partial charge is 0.394 e. The Balaban J connectivity index is 2.23. The molecule has 70 heavy (non-hydrogen) atoms. The molecule has 0 spiro atoms. The van der Waals surface area contributed by atoms with Gasteiger partial charge in [0.05, 0.1) is 25.4 Å². The molecule has 1 heterocycles. The van der Waals surface area contributed by atoms with Gasteiger partial charge in [-0.05, 0) is 44.9 Å². The molecule has 0 saturated carbocycles. The molecular formula is C61H115NO8. The van der Waals surface area contributed by atoms with Crippen molar-refractivity contribution in [3.05, 3.63) is 36.5 Å². The lowest BCUT2D eigenvalue weighted by molar-refractivity contribution is -0.302. The predicted molar refractivity (Wildman–Crippen MR) is 295 cm³/mol. The van der Waals surface area contributed by atoms with E-state index >= 15 is 0 Å². The fourth-order valence-corrected chi connectivity index (χ4v) is 9.66. The first-order valence-electron chi connectivity index (χ1n) is 30.2. The van der Waals surface area contributed by atoms with Gasteiger partial charge < -0.3 is 40.3 Å². The van der Waals surface area contributed by atoms with Crippen molar-refractivity contribution in [2.45, 2.75) is 333 Å². The maximum Gasteiger partial charge on any atom is 0.220 e. The Morgan fingerprint density at radius 2 is 0.814 bits per heavy atom. The summed E-state index contributed by atoms with van der Waals surface area (Å²) in [5, 5.41) is 54.5. The number of unbranched alkanes of at least 4 members (excludes halogenated alkanes) is 38. The number of carbonyl (C=O) groups excluding carboxylic acids is 1. The van der Waals surface area contributed by atoms with Crippen LogP contribution in [0.2, 0.25) is 0 Å². The Bertz CT molecular complexity index is 1190. The number of ether oxygens (including phenoxy) is 2. The first-order valence-corrected chi connectivity index (χ1v) is 30.2. The number of carbonyl (C=O) groups is 1. The number of aliphatic hydroxyl groups excluding tert-OH is 5. The van der Waals surface area contributed by atoms with Crippen molar-refractivity contribution in [1.82, 2.24) is 5.32 Å². The minimum Gasteiger partial charge on any atom is -0.394 e. The van der Waals surface area contributed by atoms with Crippen LogP contribution in [-0.2, 0) is 14.3 Å². The van der Waals surface area contributed by atoms with Crippen molar-refractivity contribution < 1.29 is 39.8 Å². The third kappa shape index (κ3) is 39.9. The highest BCUT2D eigenvalue weighted by Gasteiger charge is 2.44. The van der Waals surface area contributed by atoms with Crippen LogP contribution in [0.15, 0.2) is 36.5 Å². The minimum absolute atomic E-state index is 0.185. The van der Waals surface area contributed by atoms with Crippen LogP contribution < -0.4 is 5.32 Å². The maximum absolute atomic E-state index is 13.1. The van der Waals surface area contributed by atoms with Crippen LogP contribution >= 0.6 is 0 Å². The van der Waals surface area contributed by atoms with E-state index in [1.54, 1.807) is 6.08 Å². The Labute approximate surface area is 431 Å². The number of hydrogen-bond acceptors (Lipinski definition) is 8. The molecule has 7 atom stereocenters. The lowest BCUT2D eigenvalue weighted by atomic mass is 9.99. The summed E-state index contributed by atoms with van der Waals surface area (Å²) < 4.78 is 11.3. The van der Waals surface area contributed by atoms with Crippen molar-refractivity contribution >= 4 is 5.91 Å². The molecule has 1 aliphatic rings. The third-order valence-corrected chi connectivity index (χ3v) is 14.4. The van der Waals surface area contributed by atoms with Crippen molar-refractivity contribution in [2.75, 3.05) is 13.2 Å². The zero-order chi connectivity index (χ0) is 50.8. The van der Waals surface area contributed by atoms with E-state index in [0.29, 0.717) is 6.42 Å². The van der Waals surface area contributed by atoms with E-state index in [-0.39, 0.29) is 12.5 Å². The normalized spacial score (nSPS) is 19.6. The molecule has 0 bridgehead atoms. The summed E-state index contributed by atoms with van der Waals surface area (Å²) in [5.74, 6) is -0.185. The van der Waals surface area contributed by atoms with E-state index in [1.807, 2.05) is 6.08 Å². The fourth-order valence-electron chi connectivity index (χ4n) is 9.66. The molecule has 0 aromatic carbocycles. The molecule has 0 aliphatic carbocycles. The van der Waals surface area contributed by atoms with Crippen molar-refractivity contribution in [3.8, 4) is 0 Å². The van der Waals surface area contributed by atoms with Crippen LogP contribution in [0, 0.1) is 0 Å². The second kappa shape index (κ2) is 50.9. The topological polar surface area (TPSA) is 149 Å². The smallest absolute Gasteiger partial charge is 0.220 e. The van der Waals surface area contributed by atoms with E-state index in [2.05, 4.69) is 43.5 Å². The number of aliphatic hydroxyl groups is 5. The quantitative estimate of drug-likeness (QED) is 0.0261. The van der Waals surface area contributed by atoms with Crippen LogP contribution in [0.5, 0.6) is 0 Å². The first kappa shape index (κ1) is 66.4. The lowest BCUT2D eigenvalue weighted by Gasteiger charge is -2.40. The summed E-state index contributed by atoms with van der Waals surface area (Å²) >= 11 is 0. The summed E-state index contributed by atoms with van der Waals surface area (Å²) in [6, 6.07) is -0.826. The summed E-state index contributed by atoms with van der Waals surface area (Å²) in [6.07, 6.45) is 59.4. The third-order valence-electron chi connectivity index (χ3n) is 14.4. The molecule has 1 amide bonds. The Kier molecular flexibility index (Phi) is 48.3. The van der Waals surface area contributed by atoms with Crippen LogP contribution in [0.4, 0.5) is 0 Å². The molecule has 9 heteroatoms. The number of rotatable bonds is 52. The van der Waals surface area contributed by atoms with Gasteiger partial charge in [0, 0.05) is 6.42 Å². The van der Waals surface area contributed by atoms with Gasteiger partial charge in [0.15, 0.2) is 6.29 Å². The average molecular weight is 991 g/mol. The van der Waals surface area contributed by atoms with Gasteiger partial charge >= 0.3 is 0 Å². The maximum atomic E-state index is 13.1. The molecule has 7 unspecified atom stereocenters. The monoisotopic (exact) mass is 990 g/mol. The molecule has 9 nitrogen and oxygen atoms in total. The summed E-state index contributed by atoms with van der Waals surface area (Å²) in [5.41, 5.74) is 0. The molecule has 0 aromatic heterocycles. The summed E-state index contributed by atoms with van der Waals surface area (Å²) in [6.45, 7) is 3.80. The first-order chi connectivity index (χ1) is 34.3. The highest BCUT2D eigenvalue weighted by atomic mass is 16.7. The molecule has 1 rings (SSSR count). The molecule has 6 N–H and O–H groups in total. The highest BCUT2D eigenvalue weighted by Crippen LogP contribution is 2.23. The average Bonchev–Trinajstić information content (AvgIpc) is 3.36. The Morgan fingerprint density at radius 3 is 1.20 bits per heavy atom. The van der Waals surface area contributed by atoms with E-state index in [1.165, 1.54) is 225 Å². The van der Waals surface area contributed by atoms with E-state index in [9.17, 15) is 30.3 Å². The lowest BCUT2D eigenvalue weighted by Crippen LogP contribution is -2.60. The zero-order valence-corrected chi connectivity index (χ0v) is 45.8. The fraction of sp³-hybridized carbons (Fsp3) is 0.885.